The van der Waals surface area contributed by atoms with Gasteiger partial charge in [-0.25, -0.2) is 17.8 Å². The number of hydrogen-bond donors (Lipinski definition) is 0. The molecule has 0 saturated carbocycles. The van der Waals surface area contributed by atoms with E-state index in [0.29, 0.717) is 28.0 Å². The molecule has 154 valence electrons. The topological polar surface area (TPSA) is 74.0 Å². The molecule has 0 aliphatic carbocycles. The predicted molar refractivity (Wildman–Crippen MR) is 112 cm³/mol. The Morgan fingerprint density at radius 1 is 1.07 bits per heavy atom. The lowest BCUT2D eigenvalue weighted by Gasteiger charge is -2.11. The van der Waals surface area contributed by atoms with Crippen LogP contribution in [0.15, 0.2) is 59.8 Å². The fourth-order valence-electron chi connectivity index (χ4n) is 3.78. The van der Waals surface area contributed by atoms with Crippen LogP contribution in [0.2, 0.25) is 0 Å². The minimum absolute atomic E-state index is 0.143. The van der Waals surface area contributed by atoms with E-state index in [-0.39, 0.29) is 23.3 Å². The van der Waals surface area contributed by atoms with E-state index in [2.05, 4.69) is 4.98 Å². The van der Waals surface area contributed by atoms with E-state index in [1.807, 2.05) is 6.92 Å². The number of ketones is 1. The van der Waals surface area contributed by atoms with Crippen molar-refractivity contribution in [1.29, 1.82) is 0 Å². The molecule has 0 radical (unpaired) electrons. The first-order valence-electron chi connectivity index (χ1n) is 9.30. The summed E-state index contributed by atoms with van der Waals surface area (Å²) in [4.78, 5) is 17.4. The standard InChI is InChI=1S/C22H20FN3O3S/c1-14-11-18(15(2)26(14)17-8-6-7-16(23)12-17)21(27)13-25-20-10-5-4-9-19(20)24-22(25)30(3,28)29/h4-12H,13H2,1-3H3. The van der Waals surface area contributed by atoms with Gasteiger partial charge in [-0.1, -0.05) is 18.2 Å². The summed E-state index contributed by atoms with van der Waals surface area (Å²) in [5.41, 5.74) is 3.60. The number of carbonyl (C=O) groups is 1. The Morgan fingerprint density at radius 2 is 1.80 bits per heavy atom. The van der Waals surface area contributed by atoms with Crippen LogP contribution < -0.4 is 0 Å². The molecule has 0 fully saturated rings. The van der Waals surface area contributed by atoms with Crippen molar-refractivity contribution in [2.45, 2.75) is 25.5 Å². The number of nitrogens with zero attached hydrogens (tertiary/aromatic N) is 3. The molecule has 2 aromatic carbocycles. The van der Waals surface area contributed by atoms with Gasteiger partial charge >= 0.3 is 0 Å². The van der Waals surface area contributed by atoms with Gasteiger partial charge in [0.25, 0.3) is 0 Å². The van der Waals surface area contributed by atoms with Crippen LogP contribution in [-0.4, -0.2) is 34.6 Å². The number of fused-ring (bicyclic) bond motifs is 1. The molecule has 30 heavy (non-hydrogen) atoms. The second-order valence-electron chi connectivity index (χ2n) is 7.26. The third-order valence-electron chi connectivity index (χ3n) is 5.05. The van der Waals surface area contributed by atoms with E-state index >= 15 is 0 Å². The summed E-state index contributed by atoms with van der Waals surface area (Å²) < 4.78 is 41.4. The lowest BCUT2D eigenvalue weighted by atomic mass is 10.1. The lowest BCUT2D eigenvalue weighted by Crippen LogP contribution is -2.16. The highest BCUT2D eigenvalue weighted by Crippen LogP contribution is 2.24. The van der Waals surface area contributed by atoms with Crippen molar-refractivity contribution < 1.29 is 17.6 Å². The van der Waals surface area contributed by atoms with Gasteiger partial charge in [0.15, 0.2) is 5.78 Å². The van der Waals surface area contributed by atoms with Crippen LogP contribution in [0.25, 0.3) is 16.7 Å². The summed E-state index contributed by atoms with van der Waals surface area (Å²) in [5.74, 6) is -0.616. The molecule has 0 aliphatic heterocycles. The molecule has 0 bridgehead atoms. The maximum Gasteiger partial charge on any atom is 0.228 e. The average Bonchev–Trinajstić information content (AvgIpc) is 3.19. The highest BCUT2D eigenvalue weighted by atomic mass is 32.2. The van der Waals surface area contributed by atoms with Crippen molar-refractivity contribution in [3.05, 3.63) is 77.4 Å². The second kappa shape index (κ2) is 7.21. The number of aryl methyl sites for hydroxylation is 1. The molecule has 2 heterocycles. The van der Waals surface area contributed by atoms with Crippen molar-refractivity contribution in [2.24, 2.45) is 0 Å². The van der Waals surface area contributed by atoms with Crippen molar-refractivity contribution in [2.75, 3.05) is 6.26 Å². The van der Waals surface area contributed by atoms with Gasteiger partial charge in [0.2, 0.25) is 15.0 Å². The number of rotatable bonds is 5. The zero-order valence-electron chi connectivity index (χ0n) is 16.8. The predicted octanol–water partition coefficient (Wildman–Crippen LogP) is 3.87. The number of sulfone groups is 1. The highest BCUT2D eigenvalue weighted by Gasteiger charge is 2.23. The van der Waals surface area contributed by atoms with Gasteiger partial charge in [-0.15, -0.1) is 0 Å². The molecule has 0 aliphatic rings. The third kappa shape index (κ3) is 3.43. The molecular weight excluding hydrogens is 405 g/mol. The molecule has 0 unspecified atom stereocenters. The molecule has 0 saturated heterocycles. The minimum atomic E-state index is -3.63. The number of halogens is 1. The smallest absolute Gasteiger partial charge is 0.228 e. The SMILES string of the molecule is Cc1cc(C(=O)Cn2c(S(C)(=O)=O)nc3ccccc32)c(C)n1-c1cccc(F)c1. The van der Waals surface area contributed by atoms with Crippen molar-refractivity contribution in [3.8, 4) is 5.69 Å². The number of imidazole rings is 1. The molecule has 4 rings (SSSR count). The highest BCUT2D eigenvalue weighted by molar-refractivity contribution is 7.90. The normalized spacial score (nSPS) is 11.9. The average molecular weight is 425 g/mol. The molecule has 0 spiro atoms. The Labute approximate surface area is 173 Å². The van der Waals surface area contributed by atoms with Gasteiger partial charge in [-0.3, -0.25) is 4.79 Å². The summed E-state index contributed by atoms with van der Waals surface area (Å²) in [6.07, 6.45) is 1.07. The largest absolute Gasteiger partial charge is 0.318 e. The first-order chi connectivity index (χ1) is 14.2. The summed E-state index contributed by atoms with van der Waals surface area (Å²) in [6, 6.07) is 14.9. The van der Waals surface area contributed by atoms with Crippen LogP contribution in [0, 0.1) is 19.7 Å². The Kier molecular flexibility index (Phi) is 4.82. The van der Waals surface area contributed by atoms with Crippen molar-refractivity contribution >= 4 is 26.7 Å². The van der Waals surface area contributed by atoms with Crippen molar-refractivity contribution in [3.63, 3.8) is 0 Å². The lowest BCUT2D eigenvalue weighted by molar-refractivity contribution is 0.0970. The fraction of sp³-hybridized carbons (Fsp3) is 0.182. The number of aromatic nitrogens is 3. The van der Waals surface area contributed by atoms with E-state index in [1.165, 1.54) is 16.7 Å². The fourth-order valence-corrected chi connectivity index (χ4v) is 4.60. The quantitative estimate of drug-likeness (QED) is 0.455. The molecule has 0 atom stereocenters. The number of carbonyl (C=O) groups excluding carboxylic acids is 1. The zero-order valence-corrected chi connectivity index (χ0v) is 17.6. The van der Waals surface area contributed by atoms with Crippen LogP contribution in [0.3, 0.4) is 0 Å². The number of para-hydroxylation sites is 2. The molecule has 0 N–H and O–H groups in total. The first kappa shape index (κ1) is 20.0. The van der Waals surface area contributed by atoms with E-state index < -0.39 is 9.84 Å². The number of benzene rings is 2. The first-order valence-corrected chi connectivity index (χ1v) is 11.2. The van der Waals surface area contributed by atoms with E-state index in [0.717, 1.165) is 11.9 Å². The maximum absolute atomic E-state index is 13.7. The monoisotopic (exact) mass is 425 g/mol. The van der Waals surface area contributed by atoms with Gasteiger partial charge in [-0.05, 0) is 50.2 Å². The number of Topliss-reactive ketones (excluding diaryl/α,β-unsaturated/α-hetero) is 1. The summed E-state index contributed by atoms with van der Waals surface area (Å²) in [5, 5.41) is -0.143. The van der Waals surface area contributed by atoms with Crippen LogP contribution >= 0.6 is 0 Å². The molecular formula is C22H20FN3O3S. The van der Waals surface area contributed by atoms with Crippen LogP contribution in [0.4, 0.5) is 4.39 Å². The molecule has 0 amide bonds. The van der Waals surface area contributed by atoms with Gasteiger partial charge in [-0.2, -0.15) is 0 Å². The Balaban J connectivity index is 1.79. The summed E-state index contributed by atoms with van der Waals surface area (Å²) in [6.45, 7) is 3.45. The van der Waals surface area contributed by atoms with Crippen LogP contribution in [0.5, 0.6) is 0 Å². The molecule has 8 heteroatoms. The molecule has 6 nitrogen and oxygen atoms in total. The van der Waals surface area contributed by atoms with Crippen molar-refractivity contribution in [1.82, 2.24) is 14.1 Å². The van der Waals surface area contributed by atoms with Gasteiger partial charge in [0.1, 0.15) is 5.82 Å². The summed E-state index contributed by atoms with van der Waals surface area (Å²) >= 11 is 0. The number of hydrogen-bond acceptors (Lipinski definition) is 4. The summed E-state index contributed by atoms with van der Waals surface area (Å²) in [7, 11) is -3.63. The maximum atomic E-state index is 13.7. The Bertz CT molecular complexity index is 1400. The zero-order chi connectivity index (χ0) is 21.6. The minimum Gasteiger partial charge on any atom is -0.318 e. The molecule has 2 aromatic heterocycles. The van der Waals surface area contributed by atoms with E-state index in [1.54, 1.807) is 54.0 Å². The van der Waals surface area contributed by atoms with Gasteiger partial charge in [0.05, 0.1) is 17.6 Å². The Morgan fingerprint density at radius 3 is 2.50 bits per heavy atom. The van der Waals surface area contributed by atoms with E-state index in [9.17, 15) is 17.6 Å². The molecule has 4 aromatic rings. The second-order valence-corrected chi connectivity index (χ2v) is 9.17. The van der Waals surface area contributed by atoms with Crippen LogP contribution in [-0.2, 0) is 16.4 Å². The van der Waals surface area contributed by atoms with Gasteiger partial charge in [0, 0.05) is 28.9 Å². The van der Waals surface area contributed by atoms with E-state index in [4.69, 9.17) is 0 Å². The third-order valence-corrected chi connectivity index (χ3v) is 6.03. The Hall–Kier alpha value is -3.26. The van der Waals surface area contributed by atoms with Crippen LogP contribution in [0.1, 0.15) is 21.7 Å². The van der Waals surface area contributed by atoms with Gasteiger partial charge < -0.3 is 9.13 Å².